The number of rotatable bonds is 4. The minimum Gasteiger partial charge on any atom is -0.325 e. The number of anilines is 1. The summed E-state index contributed by atoms with van der Waals surface area (Å²) in [6, 6.07) is 6.70. The number of alkyl halides is 3. The lowest BCUT2D eigenvalue weighted by Gasteiger charge is -2.15. The van der Waals surface area contributed by atoms with Crippen molar-refractivity contribution in [3.8, 4) is 0 Å². The summed E-state index contributed by atoms with van der Waals surface area (Å²) in [5.74, 6) is -1.10. The maximum absolute atomic E-state index is 12.9. The molecule has 1 aliphatic heterocycles. The zero-order valence-corrected chi connectivity index (χ0v) is 17.0. The molecule has 2 amide bonds. The van der Waals surface area contributed by atoms with E-state index < -0.39 is 35.1 Å². The van der Waals surface area contributed by atoms with E-state index in [1.807, 2.05) is 17.5 Å². The fraction of sp³-hybridized carbons (Fsp3) is 0.118. The molecule has 0 aliphatic carbocycles. The Morgan fingerprint density at radius 2 is 2.07 bits per heavy atom. The second-order valence-corrected chi connectivity index (χ2v) is 8.59. The molecular formula is C17H10ClF3N2O2S3. The van der Waals surface area contributed by atoms with Crippen molar-refractivity contribution in [2.24, 2.45) is 0 Å². The molecule has 4 nitrogen and oxygen atoms in total. The van der Waals surface area contributed by atoms with Gasteiger partial charge in [0.2, 0.25) is 5.91 Å². The van der Waals surface area contributed by atoms with E-state index in [2.05, 4.69) is 5.32 Å². The van der Waals surface area contributed by atoms with E-state index in [1.165, 1.54) is 17.4 Å². The molecule has 1 saturated heterocycles. The minimum absolute atomic E-state index is 0.0821. The molecule has 0 saturated carbocycles. The zero-order chi connectivity index (χ0) is 20.5. The van der Waals surface area contributed by atoms with Crippen LogP contribution in [-0.4, -0.2) is 27.6 Å². The number of halogens is 4. The van der Waals surface area contributed by atoms with Gasteiger partial charge in [-0.1, -0.05) is 41.6 Å². The van der Waals surface area contributed by atoms with Crippen molar-refractivity contribution in [1.82, 2.24) is 4.90 Å². The van der Waals surface area contributed by atoms with Gasteiger partial charge in [-0.2, -0.15) is 13.2 Å². The Hall–Kier alpha value is -1.88. The largest absolute Gasteiger partial charge is 0.417 e. The highest BCUT2D eigenvalue weighted by atomic mass is 35.5. The van der Waals surface area contributed by atoms with Gasteiger partial charge in [-0.05, 0) is 35.7 Å². The topological polar surface area (TPSA) is 49.4 Å². The predicted octanol–water partition coefficient (Wildman–Crippen LogP) is 5.26. The summed E-state index contributed by atoms with van der Waals surface area (Å²) < 4.78 is 39.0. The van der Waals surface area contributed by atoms with Gasteiger partial charge in [0.1, 0.15) is 10.9 Å². The van der Waals surface area contributed by atoms with Gasteiger partial charge < -0.3 is 5.32 Å². The van der Waals surface area contributed by atoms with Crippen molar-refractivity contribution in [2.45, 2.75) is 6.18 Å². The number of thiophene rings is 1. The lowest BCUT2D eigenvalue weighted by molar-refractivity contribution is -0.137. The highest BCUT2D eigenvalue weighted by Crippen LogP contribution is 2.36. The first-order chi connectivity index (χ1) is 13.1. The maximum Gasteiger partial charge on any atom is 0.417 e. The molecule has 0 radical (unpaired) electrons. The van der Waals surface area contributed by atoms with Crippen molar-refractivity contribution in [2.75, 3.05) is 11.9 Å². The highest BCUT2D eigenvalue weighted by Gasteiger charge is 2.35. The minimum atomic E-state index is -4.65. The standard InChI is InChI=1S/C17H10ClF3N2O2S3/c18-12-4-3-9(6-11(12)17(19,20)21)22-14(24)8-23-15(25)13(28-16(23)26)7-10-2-1-5-27-10/h1-7H,8H2,(H,22,24)/b13-7+. The number of carbonyl (C=O) groups excluding carboxylic acids is 2. The van der Waals surface area contributed by atoms with E-state index in [0.29, 0.717) is 4.91 Å². The SMILES string of the molecule is O=C(CN1C(=O)/C(=C\c2cccs2)SC1=S)Nc1ccc(Cl)c(C(F)(F)F)c1. The first-order valence-electron chi connectivity index (χ1n) is 7.60. The predicted molar refractivity (Wildman–Crippen MR) is 109 cm³/mol. The number of nitrogens with zero attached hydrogens (tertiary/aromatic N) is 1. The van der Waals surface area contributed by atoms with Crippen molar-refractivity contribution in [1.29, 1.82) is 0 Å². The summed E-state index contributed by atoms with van der Waals surface area (Å²) in [7, 11) is 0. The number of amides is 2. The van der Waals surface area contributed by atoms with Gasteiger partial charge in [0.15, 0.2) is 0 Å². The second-order valence-electron chi connectivity index (χ2n) is 5.52. The molecule has 28 heavy (non-hydrogen) atoms. The van der Waals surface area contributed by atoms with Crippen molar-refractivity contribution in [3.63, 3.8) is 0 Å². The van der Waals surface area contributed by atoms with Gasteiger partial charge >= 0.3 is 6.18 Å². The maximum atomic E-state index is 12.9. The van der Waals surface area contributed by atoms with Crippen LogP contribution in [0.5, 0.6) is 0 Å². The number of hydrogen-bond acceptors (Lipinski definition) is 5. The zero-order valence-electron chi connectivity index (χ0n) is 13.7. The van der Waals surface area contributed by atoms with E-state index in [9.17, 15) is 22.8 Å². The first kappa shape index (κ1) is 20.8. The highest BCUT2D eigenvalue weighted by molar-refractivity contribution is 8.26. The fourth-order valence-electron chi connectivity index (χ4n) is 2.30. The Labute approximate surface area is 176 Å². The third-order valence-electron chi connectivity index (χ3n) is 3.55. The monoisotopic (exact) mass is 462 g/mol. The number of carbonyl (C=O) groups is 2. The van der Waals surface area contributed by atoms with Crippen LogP contribution in [0.15, 0.2) is 40.6 Å². The molecule has 0 bridgehead atoms. The summed E-state index contributed by atoms with van der Waals surface area (Å²) in [5, 5.41) is 3.72. The van der Waals surface area contributed by atoms with E-state index >= 15 is 0 Å². The molecule has 0 unspecified atom stereocenters. The lowest BCUT2D eigenvalue weighted by atomic mass is 10.2. The van der Waals surface area contributed by atoms with Crippen molar-refractivity contribution < 1.29 is 22.8 Å². The Morgan fingerprint density at radius 3 is 2.71 bits per heavy atom. The molecule has 1 aromatic heterocycles. The molecule has 1 aromatic carbocycles. The van der Waals surface area contributed by atoms with Crippen LogP contribution < -0.4 is 5.32 Å². The van der Waals surface area contributed by atoms with Crippen LogP contribution in [0.1, 0.15) is 10.4 Å². The molecular weight excluding hydrogens is 453 g/mol. The van der Waals surface area contributed by atoms with Crippen molar-refractivity contribution in [3.05, 3.63) is 56.1 Å². The average molecular weight is 463 g/mol. The first-order valence-corrected chi connectivity index (χ1v) is 10.1. The van der Waals surface area contributed by atoms with E-state index in [4.69, 9.17) is 23.8 Å². The Morgan fingerprint density at radius 1 is 1.32 bits per heavy atom. The molecule has 11 heteroatoms. The Kier molecular flexibility index (Phi) is 6.13. The van der Waals surface area contributed by atoms with Gasteiger partial charge in [-0.3, -0.25) is 14.5 Å². The number of hydrogen-bond donors (Lipinski definition) is 1. The lowest BCUT2D eigenvalue weighted by Crippen LogP contribution is -2.36. The molecule has 1 fully saturated rings. The Bertz CT molecular complexity index is 975. The van der Waals surface area contributed by atoms with Gasteiger partial charge in [0, 0.05) is 10.6 Å². The Balaban J connectivity index is 1.70. The third-order valence-corrected chi connectivity index (χ3v) is 6.07. The summed E-state index contributed by atoms with van der Waals surface area (Å²) in [5.41, 5.74) is -1.14. The molecule has 1 N–H and O–H groups in total. The summed E-state index contributed by atoms with van der Waals surface area (Å²) in [6.07, 6.45) is -2.97. The second kappa shape index (κ2) is 8.24. The smallest absolute Gasteiger partial charge is 0.325 e. The molecule has 1 aliphatic rings. The number of benzene rings is 1. The van der Waals surface area contributed by atoms with E-state index in [-0.39, 0.29) is 10.0 Å². The molecule has 2 aromatic rings. The normalized spacial score (nSPS) is 16.1. The number of thioether (sulfide) groups is 1. The van der Waals surface area contributed by atoms with Gasteiger partial charge in [-0.25, -0.2) is 0 Å². The molecule has 2 heterocycles. The van der Waals surface area contributed by atoms with Crippen LogP contribution in [0.3, 0.4) is 0 Å². The average Bonchev–Trinajstić information content (AvgIpc) is 3.20. The third kappa shape index (κ3) is 4.75. The van der Waals surface area contributed by atoms with E-state index in [0.717, 1.165) is 33.7 Å². The van der Waals surface area contributed by atoms with E-state index in [1.54, 1.807) is 6.08 Å². The van der Waals surface area contributed by atoms with Crippen LogP contribution in [0, 0.1) is 0 Å². The van der Waals surface area contributed by atoms with Crippen LogP contribution >= 0.6 is 46.9 Å². The fourth-order valence-corrected chi connectivity index (χ4v) is 4.51. The van der Waals surface area contributed by atoms with Gasteiger partial charge in [0.25, 0.3) is 5.91 Å². The number of nitrogens with one attached hydrogen (secondary N) is 1. The molecule has 3 rings (SSSR count). The summed E-state index contributed by atoms with van der Waals surface area (Å²) >= 11 is 13.2. The van der Waals surface area contributed by atoms with Crippen molar-refractivity contribution >= 4 is 74.8 Å². The van der Waals surface area contributed by atoms with Crippen LogP contribution in [0.4, 0.5) is 18.9 Å². The van der Waals surface area contributed by atoms with Gasteiger partial charge in [-0.15, -0.1) is 11.3 Å². The van der Waals surface area contributed by atoms with Gasteiger partial charge in [0.05, 0.1) is 15.5 Å². The molecule has 146 valence electrons. The molecule has 0 spiro atoms. The van der Waals surface area contributed by atoms with Crippen LogP contribution in [-0.2, 0) is 15.8 Å². The number of thiocarbonyl (C=S) groups is 1. The quantitative estimate of drug-likeness (QED) is 0.497. The van der Waals surface area contributed by atoms with Crippen LogP contribution in [0.2, 0.25) is 5.02 Å². The van der Waals surface area contributed by atoms with Crippen LogP contribution in [0.25, 0.3) is 6.08 Å². The molecule has 0 atom stereocenters. The summed E-state index contributed by atoms with van der Waals surface area (Å²) in [6.45, 7) is -0.406. The summed E-state index contributed by atoms with van der Waals surface area (Å²) in [4.78, 5) is 27.0.